The molecule has 0 aromatic rings. The Kier molecular flexibility index (Phi) is 0.442. The van der Waals surface area contributed by atoms with Crippen LogP contribution in [0, 0.1) is 40.9 Å². The molecule has 0 nitrogen and oxygen atoms in total. The van der Waals surface area contributed by atoms with Crippen molar-refractivity contribution in [3.8, 4) is 0 Å². The molecule has 0 aromatic carbocycles. The van der Waals surface area contributed by atoms with Crippen LogP contribution in [-0.4, -0.2) is 0 Å². The van der Waals surface area contributed by atoms with Gasteiger partial charge in [0.2, 0.25) is 0 Å². The van der Waals surface area contributed by atoms with E-state index in [4.69, 9.17) is 0 Å². The third-order valence-electron chi connectivity index (χ3n) is 5.72. The molecule has 4 saturated carbocycles. The lowest BCUT2D eigenvalue weighted by molar-refractivity contribution is -0.0379. The molecule has 4 aliphatic rings. The van der Waals surface area contributed by atoms with Gasteiger partial charge in [-0.2, -0.15) is 0 Å². The van der Waals surface area contributed by atoms with Crippen molar-refractivity contribution in [1.82, 2.24) is 0 Å². The first-order chi connectivity index (χ1) is 4.78. The van der Waals surface area contributed by atoms with E-state index >= 15 is 0 Å². The largest absolute Gasteiger partial charge is 0.0619 e. The van der Waals surface area contributed by atoms with Gasteiger partial charge in [-0.05, 0) is 47.3 Å². The van der Waals surface area contributed by atoms with E-state index in [1.165, 1.54) is 23.7 Å². The molecule has 10 heavy (non-hydrogen) atoms. The fourth-order valence-electron chi connectivity index (χ4n) is 5.26. The highest BCUT2D eigenvalue weighted by atomic mass is 15.0. The Hall–Kier alpha value is 0. The predicted molar refractivity (Wildman–Crippen MR) is 39.3 cm³/mol. The Labute approximate surface area is 62.0 Å². The van der Waals surface area contributed by atoms with Crippen LogP contribution in [0.2, 0.25) is 0 Å². The number of hydrogen-bond acceptors (Lipinski definition) is 0. The summed E-state index contributed by atoms with van der Waals surface area (Å²) in [4.78, 5) is 0. The van der Waals surface area contributed by atoms with E-state index < -0.39 is 0 Å². The van der Waals surface area contributed by atoms with Crippen LogP contribution in [0.5, 0.6) is 0 Å². The van der Waals surface area contributed by atoms with Gasteiger partial charge in [0.1, 0.15) is 0 Å². The maximum Gasteiger partial charge on any atom is -0.0198 e. The summed E-state index contributed by atoms with van der Waals surface area (Å²) in [5.74, 6) is 7.15. The Bertz CT molecular complexity index is 228. The second-order valence-electron chi connectivity index (χ2n) is 5.26. The zero-order valence-corrected chi connectivity index (χ0v) is 6.67. The van der Waals surface area contributed by atoms with Gasteiger partial charge in [0.05, 0.1) is 0 Å². The average Bonchev–Trinajstić information content (AvgIpc) is 2.24. The van der Waals surface area contributed by atoms with Crippen LogP contribution in [0.4, 0.5) is 0 Å². The minimum Gasteiger partial charge on any atom is -0.0619 e. The molecule has 4 rings (SSSR count). The Morgan fingerprint density at radius 2 is 2.00 bits per heavy atom. The van der Waals surface area contributed by atoms with E-state index in [0.717, 1.165) is 17.3 Å². The van der Waals surface area contributed by atoms with Crippen LogP contribution < -0.4 is 0 Å². The van der Waals surface area contributed by atoms with Gasteiger partial charge in [-0.25, -0.2) is 0 Å². The zero-order valence-electron chi connectivity index (χ0n) is 6.67. The molecule has 0 heteroatoms. The fourth-order valence-corrected chi connectivity index (χ4v) is 5.26. The van der Waals surface area contributed by atoms with Crippen LogP contribution in [0.1, 0.15) is 20.3 Å². The van der Waals surface area contributed by atoms with Crippen LogP contribution in [0.25, 0.3) is 0 Å². The summed E-state index contributed by atoms with van der Waals surface area (Å²) in [6.07, 6.45) is 1.64. The molecule has 0 bridgehead atoms. The predicted octanol–water partition coefficient (Wildman–Crippen LogP) is 2.15. The smallest absolute Gasteiger partial charge is 0.0198 e. The van der Waals surface area contributed by atoms with Crippen molar-refractivity contribution in [2.24, 2.45) is 40.9 Å². The molecular formula is C10H14. The summed E-state index contributed by atoms with van der Waals surface area (Å²) in [7, 11) is 0. The molecule has 0 heterocycles. The maximum absolute atomic E-state index is 2.51. The van der Waals surface area contributed by atoms with Gasteiger partial charge in [0.25, 0.3) is 0 Å². The molecule has 0 radical (unpaired) electrons. The van der Waals surface area contributed by atoms with Gasteiger partial charge in [-0.3, -0.25) is 0 Å². The molecule has 7 unspecified atom stereocenters. The van der Waals surface area contributed by atoms with Crippen LogP contribution in [0.15, 0.2) is 0 Å². The molecule has 1 spiro atoms. The molecule has 0 aromatic heterocycles. The summed E-state index contributed by atoms with van der Waals surface area (Å²) in [5.41, 5.74) is 0.967. The molecule has 0 N–H and O–H groups in total. The van der Waals surface area contributed by atoms with Crippen molar-refractivity contribution in [2.45, 2.75) is 20.3 Å². The van der Waals surface area contributed by atoms with Gasteiger partial charge in [-0.15, -0.1) is 0 Å². The summed E-state index contributed by atoms with van der Waals surface area (Å²) >= 11 is 0. The van der Waals surface area contributed by atoms with Crippen LogP contribution in [0.3, 0.4) is 0 Å². The number of hydrogen-bond donors (Lipinski definition) is 0. The highest BCUT2D eigenvalue weighted by Gasteiger charge is 2.92. The summed E-state index contributed by atoms with van der Waals surface area (Å²) in [6.45, 7) is 5.00. The molecule has 0 saturated heterocycles. The van der Waals surface area contributed by atoms with E-state index in [9.17, 15) is 0 Å². The van der Waals surface area contributed by atoms with Gasteiger partial charge < -0.3 is 0 Å². The van der Waals surface area contributed by atoms with Crippen molar-refractivity contribution in [1.29, 1.82) is 0 Å². The standard InChI is InChI=1S/C10H14/c1-4-5(2)10-3-6-7(4)9(10)8(6)10/h4-9H,3H2,1-2H3. The highest BCUT2D eigenvalue weighted by molar-refractivity contribution is 5.39. The number of fused-ring (bicyclic) bond motifs is 1. The van der Waals surface area contributed by atoms with Crippen molar-refractivity contribution in [3.05, 3.63) is 0 Å². The topological polar surface area (TPSA) is 0 Å². The molecule has 0 aliphatic heterocycles. The zero-order chi connectivity index (χ0) is 6.67. The van der Waals surface area contributed by atoms with Gasteiger partial charge in [-0.1, -0.05) is 13.8 Å². The van der Waals surface area contributed by atoms with Crippen molar-refractivity contribution in [2.75, 3.05) is 0 Å². The van der Waals surface area contributed by atoms with E-state index in [0.29, 0.717) is 0 Å². The maximum atomic E-state index is 2.51. The highest BCUT2D eigenvalue weighted by Crippen LogP contribution is 2.97. The Morgan fingerprint density at radius 1 is 1.20 bits per heavy atom. The summed E-state index contributed by atoms with van der Waals surface area (Å²) in [5, 5.41) is 0. The molecular weight excluding hydrogens is 120 g/mol. The first-order valence-electron chi connectivity index (χ1n) is 4.78. The first-order valence-corrected chi connectivity index (χ1v) is 4.78. The molecule has 4 fully saturated rings. The minimum atomic E-state index is 0.967. The van der Waals surface area contributed by atoms with E-state index in [-0.39, 0.29) is 0 Å². The van der Waals surface area contributed by atoms with Crippen molar-refractivity contribution in [3.63, 3.8) is 0 Å². The third-order valence-corrected chi connectivity index (χ3v) is 5.72. The van der Waals surface area contributed by atoms with E-state index in [1.54, 1.807) is 6.42 Å². The van der Waals surface area contributed by atoms with E-state index in [1.807, 2.05) is 0 Å². The van der Waals surface area contributed by atoms with Gasteiger partial charge in [0, 0.05) is 0 Å². The Balaban J connectivity index is 1.93. The third kappa shape index (κ3) is 0.194. The Morgan fingerprint density at radius 3 is 2.30 bits per heavy atom. The first kappa shape index (κ1) is 4.79. The van der Waals surface area contributed by atoms with E-state index in [2.05, 4.69) is 13.8 Å². The molecule has 7 atom stereocenters. The number of rotatable bonds is 0. The quantitative estimate of drug-likeness (QED) is 0.476. The second kappa shape index (κ2) is 0.922. The normalized spacial score (nSPS) is 87.0. The molecule has 4 aliphatic carbocycles. The van der Waals surface area contributed by atoms with Crippen LogP contribution in [-0.2, 0) is 0 Å². The molecule has 0 amide bonds. The summed E-state index contributed by atoms with van der Waals surface area (Å²) < 4.78 is 0. The molecule has 54 valence electrons. The van der Waals surface area contributed by atoms with Gasteiger partial charge in [0.15, 0.2) is 0 Å². The van der Waals surface area contributed by atoms with Gasteiger partial charge >= 0.3 is 0 Å². The monoisotopic (exact) mass is 134 g/mol. The fraction of sp³-hybridized carbons (Fsp3) is 1.00. The summed E-state index contributed by atoms with van der Waals surface area (Å²) in [6, 6.07) is 0. The average molecular weight is 134 g/mol. The SMILES string of the molecule is CC1C2C3CC4(C1C)C3C24. The van der Waals surface area contributed by atoms with Crippen LogP contribution >= 0.6 is 0 Å². The second-order valence-corrected chi connectivity index (χ2v) is 5.26. The van der Waals surface area contributed by atoms with Crippen molar-refractivity contribution < 1.29 is 0 Å². The lowest BCUT2D eigenvalue weighted by Crippen LogP contribution is -2.46. The minimum absolute atomic E-state index is 0.967. The lowest BCUT2D eigenvalue weighted by Gasteiger charge is -2.51. The lowest BCUT2D eigenvalue weighted by atomic mass is 9.53. The van der Waals surface area contributed by atoms with Crippen molar-refractivity contribution >= 4 is 0 Å².